The predicted octanol–water partition coefficient (Wildman–Crippen LogP) is 2.11. The summed E-state index contributed by atoms with van der Waals surface area (Å²) in [4.78, 5) is 31.0. The van der Waals surface area contributed by atoms with Gasteiger partial charge in [0, 0.05) is 36.7 Å². The summed E-state index contributed by atoms with van der Waals surface area (Å²) in [5, 5.41) is 9.17. The molecule has 0 unspecified atom stereocenters. The van der Waals surface area contributed by atoms with E-state index in [9.17, 15) is 9.90 Å². The quantitative estimate of drug-likeness (QED) is 0.919. The fourth-order valence-electron chi connectivity index (χ4n) is 3.12. The lowest BCUT2D eigenvalue weighted by Gasteiger charge is -2.32. The van der Waals surface area contributed by atoms with E-state index in [0.717, 1.165) is 23.5 Å². The zero-order valence-electron chi connectivity index (χ0n) is 13.9. The third-order valence-electron chi connectivity index (χ3n) is 4.48. The van der Waals surface area contributed by atoms with E-state index in [2.05, 4.69) is 26.8 Å². The summed E-state index contributed by atoms with van der Waals surface area (Å²) in [6.07, 6.45) is 7.01. The molecule has 0 radical (unpaired) electrons. The minimum atomic E-state index is -0.704. The van der Waals surface area contributed by atoms with Crippen molar-refractivity contribution in [3.05, 3.63) is 29.8 Å². The Morgan fingerprint density at radius 3 is 2.62 bits per heavy atom. The Kier molecular flexibility index (Phi) is 4.69. The molecule has 1 saturated heterocycles. The molecule has 2 aromatic rings. The van der Waals surface area contributed by atoms with Gasteiger partial charge in [-0.3, -0.25) is 9.78 Å². The molecule has 7 nitrogen and oxygen atoms in total. The number of aliphatic carboxylic acids is 1. The summed E-state index contributed by atoms with van der Waals surface area (Å²) in [5.41, 5.74) is 2.69. The first-order valence-electron chi connectivity index (χ1n) is 8.21. The van der Waals surface area contributed by atoms with Crippen molar-refractivity contribution < 1.29 is 9.90 Å². The Balaban J connectivity index is 1.94. The third kappa shape index (κ3) is 3.20. The highest BCUT2D eigenvalue weighted by Crippen LogP contribution is 2.28. The van der Waals surface area contributed by atoms with Crippen molar-refractivity contribution in [1.82, 2.24) is 19.9 Å². The number of rotatable bonds is 4. The third-order valence-corrected chi connectivity index (χ3v) is 4.48. The Morgan fingerprint density at radius 1 is 1.29 bits per heavy atom. The Labute approximate surface area is 140 Å². The van der Waals surface area contributed by atoms with E-state index in [1.807, 2.05) is 6.92 Å². The molecule has 7 heteroatoms. The molecule has 24 heavy (non-hydrogen) atoms. The van der Waals surface area contributed by atoms with Crippen LogP contribution in [0.5, 0.6) is 0 Å². The summed E-state index contributed by atoms with van der Waals surface area (Å²) in [6, 6.07) is 0. The van der Waals surface area contributed by atoms with Gasteiger partial charge in [0.2, 0.25) is 0 Å². The lowest BCUT2D eigenvalue weighted by Crippen LogP contribution is -2.37. The van der Waals surface area contributed by atoms with Crippen LogP contribution < -0.4 is 4.90 Å². The number of nitrogens with zero attached hydrogens (tertiary/aromatic N) is 5. The van der Waals surface area contributed by atoms with Crippen LogP contribution in [0.25, 0.3) is 11.5 Å². The molecular weight excluding hydrogens is 306 g/mol. The van der Waals surface area contributed by atoms with Gasteiger partial charge in [-0.15, -0.1) is 0 Å². The van der Waals surface area contributed by atoms with Gasteiger partial charge in [-0.2, -0.15) is 0 Å². The molecule has 1 fully saturated rings. The normalized spacial score (nSPS) is 15.5. The number of hydrogen-bond donors (Lipinski definition) is 1. The van der Waals surface area contributed by atoms with Gasteiger partial charge in [0.25, 0.3) is 0 Å². The molecule has 0 saturated carbocycles. The molecule has 1 N–H and O–H groups in total. The van der Waals surface area contributed by atoms with E-state index in [0.29, 0.717) is 37.4 Å². The van der Waals surface area contributed by atoms with Gasteiger partial charge >= 0.3 is 5.97 Å². The number of carboxylic acid groups (broad SMARTS) is 1. The lowest BCUT2D eigenvalue weighted by atomic mass is 9.96. The minimum absolute atomic E-state index is 0.256. The van der Waals surface area contributed by atoms with Crippen molar-refractivity contribution in [2.45, 2.75) is 33.1 Å². The molecule has 0 aromatic carbocycles. The SMILES string of the molecule is CCc1c(C)nc(-c2cnccn2)nc1N1CCC(C(=O)O)CC1. The molecule has 1 aliphatic rings. The number of carbonyl (C=O) groups is 1. The van der Waals surface area contributed by atoms with Crippen molar-refractivity contribution in [1.29, 1.82) is 0 Å². The second-order valence-electron chi connectivity index (χ2n) is 5.98. The van der Waals surface area contributed by atoms with Crippen molar-refractivity contribution in [3.8, 4) is 11.5 Å². The first-order chi connectivity index (χ1) is 11.6. The molecule has 1 aliphatic heterocycles. The van der Waals surface area contributed by atoms with Crippen LogP contribution in [0.4, 0.5) is 5.82 Å². The highest BCUT2D eigenvalue weighted by molar-refractivity contribution is 5.70. The van der Waals surface area contributed by atoms with Gasteiger partial charge in [-0.25, -0.2) is 15.0 Å². The molecule has 0 atom stereocenters. The first kappa shape index (κ1) is 16.3. The number of aryl methyl sites for hydroxylation is 1. The lowest BCUT2D eigenvalue weighted by molar-refractivity contribution is -0.142. The number of anilines is 1. The van der Waals surface area contributed by atoms with Crippen LogP contribution in [0, 0.1) is 12.8 Å². The zero-order chi connectivity index (χ0) is 17.1. The van der Waals surface area contributed by atoms with Crippen LogP contribution in [-0.2, 0) is 11.2 Å². The molecule has 0 spiro atoms. The van der Waals surface area contributed by atoms with Crippen LogP contribution in [0.3, 0.4) is 0 Å². The Morgan fingerprint density at radius 2 is 2.04 bits per heavy atom. The number of aromatic nitrogens is 4. The van der Waals surface area contributed by atoms with Gasteiger partial charge in [0.05, 0.1) is 12.1 Å². The molecule has 3 heterocycles. The van der Waals surface area contributed by atoms with Crippen LogP contribution >= 0.6 is 0 Å². The molecular formula is C17H21N5O2. The summed E-state index contributed by atoms with van der Waals surface area (Å²) in [5.74, 6) is 0.501. The van der Waals surface area contributed by atoms with Gasteiger partial charge in [-0.1, -0.05) is 6.92 Å². The van der Waals surface area contributed by atoms with Gasteiger partial charge in [0.1, 0.15) is 11.5 Å². The number of carboxylic acids is 1. The summed E-state index contributed by atoms with van der Waals surface area (Å²) in [6.45, 7) is 5.45. The smallest absolute Gasteiger partial charge is 0.306 e. The fraction of sp³-hybridized carbons (Fsp3) is 0.471. The maximum atomic E-state index is 11.2. The van der Waals surface area contributed by atoms with Crippen molar-refractivity contribution in [3.63, 3.8) is 0 Å². The average molecular weight is 327 g/mol. The molecule has 2 aromatic heterocycles. The van der Waals surface area contributed by atoms with Crippen molar-refractivity contribution in [2.75, 3.05) is 18.0 Å². The molecule has 126 valence electrons. The molecule has 0 amide bonds. The van der Waals surface area contributed by atoms with Crippen molar-refractivity contribution in [2.24, 2.45) is 5.92 Å². The minimum Gasteiger partial charge on any atom is -0.481 e. The predicted molar refractivity (Wildman–Crippen MR) is 89.7 cm³/mol. The number of piperidine rings is 1. The maximum Gasteiger partial charge on any atom is 0.306 e. The molecule has 0 aliphatic carbocycles. The summed E-state index contributed by atoms with van der Waals surface area (Å²) >= 11 is 0. The Hall–Kier alpha value is -2.57. The first-order valence-corrected chi connectivity index (χ1v) is 8.21. The standard InChI is InChI=1S/C17H21N5O2/c1-3-13-11(2)20-15(14-10-18-6-7-19-14)21-16(13)22-8-4-12(5-9-22)17(23)24/h6-7,10,12H,3-5,8-9H2,1-2H3,(H,23,24). The van der Waals surface area contributed by atoms with Crippen LogP contribution in [-0.4, -0.2) is 44.1 Å². The summed E-state index contributed by atoms with van der Waals surface area (Å²) < 4.78 is 0. The second-order valence-corrected chi connectivity index (χ2v) is 5.98. The highest BCUT2D eigenvalue weighted by Gasteiger charge is 2.27. The molecule has 0 bridgehead atoms. The fourth-order valence-corrected chi connectivity index (χ4v) is 3.12. The van der Waals surface area contributed by atoms with Gasteiger partial charge in [-0.05, 0) is 26.2 Å². The number of hydrogen-bond acceptors (Lipinski definition) is 6. The van der Waals surface area contributed by atoms with E-state index in [-0.39, 0.29) is 5.92 Å². The highest BCUT2D eigenvalue weighted by atomic mass is 16.4. The monoisotopic (exact) mass is 327 g/mol. The van der Waals surface area contributed by atoms with Crippen LogP contribution in [0.15, 0.2) is 18.6 Å². The van der Waals surface area contributed by atoms with Gasteiger partial charge in [0.15, 0.2) is 5.82 Å². The zero-order valence-corrected chi connectivity index (χ0v) is 13.9. The average Bonchev–Trinajstić information content (AvgIpc) is 2.62. The molecule has 3 rings (SSSR count). The topological polar surface area (TPSA) is 92.1 Å². The van der Waals surface area contributed by atoms with E-state index < -0.39 is 5.97 Å². The van der Waals surface area contributed by atoms with Crippen LogP contribution in [0.1, 0.15) is 31.0 Å². The Bertz CT molecular complexity index is 727. The van der Waals surface area contributed by atoms with E-state index in [4.69, 9.17) is 4.98 Å². The van der Waals surface area contributed by atoms with E-state index >= 15 is 0 Å². The van der Waals surface area contributed by atoms with Crippen LogP contribution in [0.2, 0.25) is 0 Å². The van der Waals surface area contributed by atoms with E-state index in [1.54, 1.807) is 18.6 Å². The largest absolute Gasteiger partial charge is 0.481 e. The summed E-state index contributed by atoms with van der Waals surface area (Å²) in [7, 11) is 0. The maximum absolute atomic E-state index is 11.2. The second kappa shape index (κ2) is 6.90. The van der Waals surface area contributed by atoms with Gasteiger partial charge < -0.3 is 10.0 Å². The van der Waals surface area contributed by atoms with Crippen molar-refractivity contribution >= 4 is 11.8 Å². The van der Waals surface area contributed by atoms with E-state index in [1.165, 1.54) is 0 Å².